The van der Waals surface area contributed by atoms with E-state index in [0.29, 0.717) is 18.4 Å². The van der Waals surface area contributed by atoms with Gasteiger partial charge in [-0.15, -0.1) is 0 Å². The molecule has 2 heterocycles. The molecular formula is C20H27N5O4S. The van der Waals surface area contributed by atoms with Crippen LogP contribution in [-0.2, 0) is 14.8 Å². The molecule has 9 nitrogen and oxygen atoms in total. The first-order valence-electron chi connectivity index (χ1n) is 9.94. The summed E-state index contributed by atoms with van der Waals surface area (Å²) >= 11 is 0. The van der Waals surface area contributed by atoms with Gasteiger partial charge in [-0.25, -0.2) is 22.4 Å². The van der Waals surface area contributed by atoms with Gasteiger partial charge in [0.25, 0.3) is 10.0 Å². The van der Waals surface area contributed by atoms with Crippen molar-refractivity contribution in [3.8, 4) is 0 Å². The van der Waals surface area contributed by atoms with Crippen molar-refractivity contribution in [1.29, 1.82) is 0 Å². The Labute approximate surface area is 175 Å². The van der Waals surface area contributed by atoms with Crippen LogP contribution in [-0.4, -0.2) is 39.5 Å². The summed E-state index contributed by atoms with van der Waals surface area (Å²) in [5, 5.41) is 9.83. The highest BCUT2D eigenvalue weighted by Crippen LogP contribution is 2.34. The van der Waals surface area contributed by atoms with E-state index in [0.717, 1.165) is 10.4 Å². The molecule has 1 saturated carbocycles. The second-order valence-electron chi connectivity index (χ2n) is 7.29. The molecule has 3 rings (SSSR count). The monoisotopic (exact) mass is 433 g/mol. The summed E-state index contributed by atoms with van der Waals surface area (Å²) in [6.07, 6.45) is 8.90. The maximum absolute atomic E-state index is 12.8. The van der Waals surface area contributed by atoms with E-state index in [4.69, 9.17) is 0 Å². The SMILES string of the molecule is CC=CC(=CC)S(=O)(=O)n1ccc2nc(NNC(=O)C3CC(O)CC3CC)cnc21. The number of rotatable bonds is 7. The summed E-state index contributed by atoms with van der Waals surface area (Å²) in [5.74, 6) is -0.0271. The number of anilines is 1. The van der Waals surface area contributed by atoms with Crippen molar-refractivity contribution in [3.63, 3.8) is 0 Å². The number of aliphatic hydroxyl groups is 1. The van der Waals surface area contributed by atoms with Crippen molar-refractivity contribution in [3.05, 3.63) is 41.6 Å². The molecule has 0 spiro atoms. The van der Waals surface area contributed by atoms with Crippen LogP contribution in [0.2, 0.25) is 0 Å². The summed E-state index contributed by atoms with van der Waals surface area (Å²) < 4.78 is 26.8. The number of aliphatic hydroxyl groups excluding tert-OH is 1. The zero-order valence-electron chi connectivity index (χ0n) is 17.2. The predicted molar refractivity (Wildman–Crippen MR) is 115 cm³/mol. The Morgan fingerprint density at radius 3 is 2.80 bits per heavy atom. The maximum Gasteiger partial charge on any atom is 0.269 e. The van der Waals surface area contributed by atoms with Crippen molar-refractivity contribution in [2.75, 3.05) is 5.43 Å². The molecule has 2 aromatic rings. The van der Waals surface area contributed by atoms with Gasteiger partial charge in [-0.3, -0.25) is 15.6 Å². The largest absolute Gasteiger partial charge is 0.393 e. The van der Waals surface area contributed by atoms with Crippen LogP contribution in [0.5, 0.6) is 0 Å². The van der Waals surface area contributed by atoms with Crippen LogP contribution < -0.4 is 10.9 Å². The van der Waals surface area contributed by atoms with Gasteiger partial charge in [-0.05, 0) is 44.7 Å². The van der Waals surface area contributed by atoms with E-state index in [1.165, 1.54) is 24.5 Å². The Hall–Kier alpha value is -2.72. The number of hydrogen-bond acceptors (Lipinski definition) is 7. The Bertz CT molecular complexity index is 1090. The van der Waals surface area contributed by atoms with E-state index in [-0.39, 0.29) is 34.1 Å². The number of aromatic nitrogens is 3. The molecule has 0 bridgehead atoms. The molecule has 0 aromatic carbocycles. The van der Waals surface area contributed by atoms with Gasteiger partial charge < -0.3 is 5.11 Å². The third kappa shape index (κ3) is 4.24. The Morgan fingerprint density at radius 1 is 1.37 bits per heavy atom. The van der Waals surface area contributed by atoms with E-state index in [1.54, 1.807) is 26.0 Å². The van der Waals surface area contributed by atoms with Crippen LogP contribution in [0.25, 0.3) is 11.2 Å². The molecular weight excluding hydrogens is 406 g/mol. The molecule has 1 amide bonds. The van der Waals surface area contributed by atoms with E-state index in [9.17, 15) is 18.3 Å². The number of allylic oxidation sites excluding steroid dienone is 3. The first-order chi connectivity index (χ1) is 14.3. The minimum absolute atomic E-state index is 0.146. The molecule has 0 saturated heterocycles. The molecule has 2 aromatic heterocycles. The van der Waals surface area contributed by atoms with Crippen LogP contribution in [0.1, 0.15) is 40.0 Å². The van der Waals surface area contributed by atoms with Crippen molar-refractivity contribution in [2.24, 2.45) is 11.8 Å². The summed E-state index contributed by atoms with van der Waals surface area (Å²) in [6, 6.07) is 1.55. The summed E-state index contributed by atoms with van der Waals surface area (Å²) in [7, 11) is -3.79. The van der Waals surface area contributed by atoms with Gasteiger partial charge in [-0.2, -0.15) is 0 Å². The van der Waals surface area contributed by atoms with Crippen LogP contribution in [0, 0.1) is 11.8 Å². The predicted octanol–water partition coefficient (Wildman–Crippen LogP) is 2.33. The van der Waals surface area contributed by atoms with Gasteiger partial charge in [0.05, 0.1) is 17.2 Å². The van der Waals surface area contributed by atoms with Gasteiger partial charge in [0.15, 0.2) is 11.5 Å². The quantitative estimate of drug-likeness (QED) is 0.452. The molecule has 3 N–H and O–H groups in total. The molecule has 0 radical (unpaired) electrons. The lowest BCUT2D eigenvalue weighted by atomic mass is 9.93. The lowest BCUT2D eigenvalue weighted by Gasteiger charge is -2.17. The zero-order valence-corrected chi connectivity index (χ0v) is 18.1. The van der Waals surface area contributed by atoms with Crippen molar-refractivity contribution < 1.29 is 18.3 Å². The Kier molecular flexibility index (Phi) is 6.57. The van der Waals surface area contributed by atoms with Gasteiger partial charge in [0, 0.05) is 12.1 Å². The fraction of sp³-hybridized carbons (Fsp3) is 0.450. The molecule has 162 valence electrons. The number of nitrogens with one attached hydrogen (secondary N) is 2. The fourth-order valence-corrected chi connectivity index (χ4v) is 5.26. The number of carbonyl (C=O) groups is 1. The average molecular weight is 434 g/mol. The van der Waals surface area contributed by atoms with Crippen molar-refractivity contribution in [1.82, 2.24) is 19.4 Å². The van der Waals surface area contributed by atoms with E-state index >= 15 is 0 Å². The molecule has 1 fully saturated rings. The van der Waals surface area contributed by atoms with Crippen molar-refractivity contribution in [2.45, 2.75) is 46.1 Å². The normalized spacial score (nSPS) is 22.7. The first kappa shape index (κ1) is 22.0. The van der Waals surface area contributed by atoms with Gasteiger partial charge in [0.2, 0.25) is 5.91 Å². The van der Waals surface area contributed by atoms with Gasteiger partial charge >= 0.3 is 0 Å². The molecule has 10 heteroatoms. The Morgan fingerprint density at radius 2 is 2.13 bits per heavy atom. The third-order valence-corrected chi connectivity index (χ3v) is 7.15. The number of nitrogens with zero attached hydrogens (tertiary/aromatic N) is 3. The number of carbonyl (C=O) groups excluding carboxylic acids is 1. The van der Waals surface area contributed by atoms with Gasteiger partial charge in [-0.1, -0.05) is 25.5 Å². The van der Waals surface area contributed by atoms with Crippen LogP contribution in [0.4, 0.5) is 5.82 Å². The minimum Gasteiger partial charge on any atom is -0.393 e. The second kappa shape index (κ2) is 8.97. The number of hydrazine groups is 1. The molecule has 30 heavy (non-hydrogen) atoms. The average Bonchev–Trinajstić information content (AvgIpc) is 3.33. The van der Waals surface area contributed by atoms with E-state index in [2.05, 4.69) is 20.8 Å². The molecule has 0 aliphatic heterocycles. The summed E-state index contributed by atoms with van der Waals surface area (Å²) in [6.45, 7) is 5.40. The first-order valence-corrected chi connectivity index (χ1v) is 11.4. The topological polar surface area (TPSA) is 126 Å². The number of fused-ring (bicyclic) bond motifs is 1. The molecule has 3 atom stereocenters. The van der Waals surface area contributed by atoms with E-state index in [1.807, 2.05) is 6.92 Å². The Balaban J connectivity index is 1.77. The number of hydrogen-bond donors (Lipinski definition) is 3. The van der Waals surface area contributed by atoms with Crippen molar-refractivity contribution >= 4 is 32.9 Å². The van der Waals surface area contributed by atoms with Crippen LogP contribution in [0.3, 0.4) is 0 Å². The van der Waals surface area contributed by atoms with E-state index < -0.39 is 16.1 Å². The lowest BCUT2D eigenvalue weighted by molar-refractivity contribution is -0.125. The zero-order chi connectivity index (χ0) is 21.9. The minimum atomic E-state index is -3.79. The van der Waals surface area contributed by atoms with Crippen LogP contribution >= 0.6 is 0 Å². The smallest absolute Gasteiger partial charge is 0.269 e. The highest BCUT2D eigenvalue weighted by Gasteiger charge is 2.36. The maximum atomic E-state index is 12.8. The fourth-order valence-electron chi connectivity index (χ4n) is 3.84. The molecule has 1 aliphatic rings. The standard InChI is InChI=1S/C20H27N5O4S/c1-4-7-15(6-3)30(28,29)25-9-8-17-19(25)21-12-18(22-17)23-24-20(27)16-11-14(26)10-13(16)5-2/h4,6-9,12-14,16,26H,5,10-11H2,1-3H3,(H,22,23)(H,24,27). The highest BCUT2D eigenvalue weighted by molar-refractivity contribution is 7.94. The van der Waals surface area contributed by atoms with Gasteiger partial charge in [0.1, 0.15) is 5.52 Å². The highest BCUT2D eigenvalue weighted by atomic mass is 32.2. The molecule has 1 aliphatic carbocycles. The lowest BCUT2D eigenvalue weighted by Crippen LogP contribution is -2.36. The summed E-state index contributed by atoms with van der Waals surface area (Å²) in [5.41, 5.74) is 5.93. The summed E-state index contributed by atoms with van der Waals surface area (Å²) in [4.78, 5) is 21.2. The number of amides is 1. The second-order valence-corrected chi connectivity index (χ2v) is 9.10. The van der Waals surface area contributed by atoms with Crippen LogP contribution in [0.15, 0.2) is 41.6 Å². The third-order valence-electron chi connectivity index (χ3n) is 5.37. The molecule has 3 unspecified atom stereocenters.